The van der Waals surface area contributed by atoms with Crippen LogP contribution >= 0.6 is 24.0 Å². The molecule has 7 nitrogen and oxygen atoms in total. The van der Waals surface area contributed by atoms with E-state index in [2.05, 4.69) is 32.5 Å². The predicted molar refractivity (Wildman–Crippen MR) is 122 cm³/mol. The van der Waals surface area contributed by atoms with Crippen molar-refractivity contribution in [1.82, 2.24) is 25.2 Å². The Morgan fingerprint density at radius 1 is 1.14 bits per heavy atom. The number of aromatic nitrogens is 3. The van der Waals surface area contributed by atoms with E-state index >= 15 is 0 Å². The van der Waals surface area contributed by atoms with Crippen molar-refractivity contribution in [2.24, 2.45) is 4.99 Å². The molecule has 2 aromatic heterocycles. The highest BCUT2D eigenvalue weighted by Gasteiger charge is 2.02. The quantitative estimate of drug-likeness (QED) is 0.230. The van der Waals surface area contributed by atoms with Gasteiger partial charge in [0.2, 0.25) is 0 Å². The van der Waals surface area contributed by atoms with Crippen LogP contribution in [0, 0.1) is 6.92 Å². The fourth-order valence-corrected chi connectivity index (χ4v) is 2.49. The fourth-order valence-electron chi connectivity index (χ4n) is 2.49. The Hall–Kier alpha value is -2.62. The lowest BCUT2D eigenvalue weighted by Crippen LogP contribution is -2.38. The van der Waals surface area contributed by atoms with Gasteiger partial charge in [-0.3, -0.25) is 9.56 Å². The number of hydrogen-bond donors (Lipinski definition) is 2. The fraction of sp³-hybridized carbons (Fsp3) is 0.250. The summed E-state index contributed by atoms with van der Waals surface area (Å²) < 4.78 is 7.59. The van der Waals surface area contributed by atoms with Gasteiger partial charge in [-0.2, -0.15) is 0 Å². The van der Waals surface area contributed by atoms with Crippen molar-refractivity contribution < 1.29 is 4.74 Å². The summed E-state index contributed by atoms with van der Waals surface area (Å²) in [6, 6.07) is 12.0. The molecule has 0 unspecified atom stereocenters. The summed E-state index contributed by atoms with van der Waals surface area (Å²) in [5, 5.41) is 6.54. The molecule has 0 aliphatic heterocycles. The minimum Gasteiger partial charge on any atom is -0.492 e. The van der Waals surface area contributed by atoms with Gasteiger partial charge < -0.3 is 15.4 Å². The van der Waals surface area contributed by atoms with E-state index in [1.807, 2.05) is 47.2 Å². The second kappa shape index (κ2) is 11.3. The molecule has 0 bridgehead atoms. The number of ether oxygens (including phenoxy) is 1. The average molecular weight is 492 g/mol. The first kappa shape index (κ1) is 21.7. The number of rotatable bonds is 7. The van der Waals surface area contributed by atoms with Crippen LogP contribution in [0.4, 0.5) is 0 Å². The molecule has 0 atom stereocenters. The van der Waals surface area contributed by atoms with Crippen molar-refractivity contribution in [3.8, 4) is 11.6 Å². The maximum absolute atomic E-state index is 5.71. The highest BCUT2D eigenvalue weighted by atomic mass is 127. The second-order valence-electron chi connectivity index (χ2n) is 6.01. The Bertz CT molecular complexity index is 865. The molecule has 0 spiro atoms. The Balaban J connectivity index is 0.00000280. The monoisotopic (exact) mass is 492 g/mol. The summed E-state index contributed by atoms with van der Waals surface area (Å²) in [5.74, 6) is 2.43. The molecule has 0 fully saturated rings. The van der Waals surface area contributed by atoms with Gasteiger partial charge in [-0.1, -0.05) is 17.7 Å². The Kier molecular flexibility index (Phi) is 8.73. The molecule has 2 N–H and O–H groups in total. The Morgan fingerprint density at radius 3 is 2.68 bits per heavy atom. The number of guanidine groups is 1. The van der Waals surface area contributed by atoms with Gasteiger partial charge in [0.15, 0.2) is 5.96 Å². The summed E-state index contributed by atoms with van der Waals surface area (Å²) in [7, 11) is 1.75. The van der Waals surface area contributed by atoms with Gasteiger partial charge in [0.1, 0.15) is 24.5 Å². The molecular weight excluding hydrogens is 467 g/mol. The van der Waals surface area contributed by atoms with Crippen molar-refractivity contribution in [3.05, 3.63) is 72.4 Å². The minimum atomic E-state index is 0. The molecule has 148 valence electrons. The van der Waals surface area contributed by atoms with Crippen LogP contribution in [-0.2, 0) is 6.54 Å². The van der Waals surface area contributed by atoms with E-state index in [9.17, 15) is 0 Å². The average Bonchev–Trinajstić information content (AvgIpc) is 3.24. The van der Waals surface area contributed by atoms with Crippen LogP contribution in [-0.4, -0.2) is 40.7 Å². The predicted octanol–water partition coefficient (Wildman–Crippen LogP) is 2.94. The highest BCUT2D eigenvalue weighted by Crippen LogP contribution is 2.10. The van der Waals surface area contributed by atoms with Crippen LogP contribution in [0.25, 0.3) is 5.82 Å². The van der Waals surface area contributed by atoms with E-state index in [0.29, 0.717) is 19.7 Å². The van der Waals surface area contributed by atoms with Crippen LogP contribution in [0.5, 0.6) is 5.75 Å². The van der Waals surface area contributed by atoms with Crippen LogP contribution in [0.3, 0.4) is 0 Å². The third kappa shape index (κ3) is 6.52. The van der Waals surface area contributed by atoms with Gasteiger partial charge in [-0.05, 0) is 36.8 Å². The largest absolute Gasteiger partial charge is 0.492 e. The molecule has 0 saturated heterocycles. The van der Waals surface area contributed by atoms with Crippen molar-refractivity contribution in [2.45, 2.75) is 13.5 Å². The normalized spacial score (nSPS) is 10.9. The minimum absolute atomic E-state index is 0. The summed E-state index contributed by atoms with van der Waals surface area (Å²) in [6.45, 7) is 3.92. The molecule has 0 radical (unpaired) electrons. The summed E-state index contributed by atoms with van der Waals surface area (Å²) in [6.07, 6.45) is 7.12. The smallest absolute Gasteiger partial charge is 0.191 e. The Morgan fingerprint density at radius 2 is 1.96 bits per heavy atom. The van der Waals surface area contributed by atoms with Crippen LogP contribution < -0.4 is 15.4 Å². The number of benzene rings is 1. The van der Waals surface area contributed by atoms with E-state index in [1.165, 1.54) is 5.56 Å². The molecule has 0 saturated carbocycles. The van der Waals surface area contributed by atoms with E-state index in [-0.39, 0.29) is 24.0 Å². The third-order valence-electron chi connectivity index (χ3n) is 3.95. The number of pyridine rings is 1. The molecule has 1 aromatic carbocycles. The summed E-state index contributed by atoms with van der Waals surface area (Å²) >= 11 is 0. The van der Waals surface area contributed by atoms with E-state index < -0.39 is 0 Å². The lowest BCUT2D eigenvalue weighted by molar-refractivity contribution is 0.322. The third-order valence-corrected chi connectivity index (χ3v) is 3.95. The number of nitrogens with zero attached hydrogens (tertiary/aromatic N) is 4. The number of nitrogens with one attached hydrogen (secondary N) is 2. The van der Waals surface area contributed by atoms with Gasteiger partial charge in [-0.15, -0.1) is 24.0 Å². The van der Waals surface area contributed by atoms with Crippen molar-refractivity contribution in [2.75, 3.05) is 20.2 Å². The number of aliphatic imine (C=N–C) groups is 1. The lowest BCUT2D eigenvalue weighted by atomic mass is 10.2. The number of imidazole rings is 1. The van der Waals surface area contributed by atoms with Crippen LogP contribution in [0.1, 0.15) is 11.1 Å². The molecule has 8 heteroatoms. The molecule has 3 rings (SSSR count). The molecule has 28 heavy (non-hydrogen) atoms. The number of halogens is 1. The maximum Gasteiger partial charge on any atom is 0.191 e. The van der Waals surface area contributed by atoms with Crippen molar-refractivity contribution in [3.63, 3.8) is 0 Å². The zero-order valence-corrected chi connectivity index (χ0v) is 18.3. The zero-order valence-electron chi connectivity index (χ0n) is 16.0. The number of hydrogen-bond acceptors (Lipinski definition) is 4. The molecule has 0 amide bonds. The SMILES string of the molecule is CN=C(NCCOc1ccc(C)cc1)NCc1ccnc(-n2ccnc2)c1.I. The van der Waals surface area contributed by atoms with Crippen molar-refractivity contribution >= 4 is 29.9 Å². The van der Waals surface area contributed by atoms with Gasteiger partial charge in [0.05, 0.1) is 6.54 Å². The number of aryl methyl sites for hydroxylation is 1. The first-order valence-corrected chi connectivity index (χ1v) is 8.82. The maximum atomic E-state index is 5.71. The van der Waals surface area contributed by atoms with Gasteiger partial charge >= 0.3 is 0 Å². The van der Waals surface area contributed by atoms with E-state index in [1.54, 1.807) is 25.8 Å². The van der Waals surface area contributed by atoms with E-state index in [4.69, 9.17) is 4.74 Å². The standard InChI is InChI=1S/C20H24N6O.HI/c1-16-3-5-18(6-4-16)27-12-10-24-20(21-2)25-14-17-7-8-23-19(13-17)26-11-9-22-15-26;/h3-9,11,13,15H,10,12,14H2,1-2H3,(H2,21,24,25);1H. The Labute approximate surface area is 182 Å². The zero-order chi connectivity index (χ0) is 18.9. The highest BCUT2D eigenvalue weighted by molar-refractivity contribution is 14.0. The molecule has 0 aliphatic rings. The van der Waals surface area contributed by atoms with Gasteiger partial charge in [-0.25, -0.2) is 9.97 Å². The summed E-state index contributed by atoms with van der Waals surface area (Å²) in [4.78, 5) is 12.6. The van der Waals surface area contributed by atoms with Crippen LogP contribution in [0.2, 0.25) is 0 Å². The molecule has 2 heterocycles. The van der Waals surface area contributed by atoms with E-state index in [0.717, 1.165) is 23.1 Å². The summed E-state index contributed by atoms with van der Waals surface area (Å²) in [5.41, 5.74) is 2.32. The molecular formula is C20H25IN6O. The van der Waals surface area contributed by atoms with Gasteiger partial charge in [0, 0.05) is 32.2 Å². The first-order chi connectivity index (χ1) is 13.2. The van der Waals surface area contributed by atoms with Crippen molar-refractivity contribution in [1.29, 1.82) is 0 Å². The van der Waals surface area contributed by atoms with Crippen LogP contribution in [0.15, 0.2) is 66.3 Å². The second-order valence-corrected chi connectivity index (χ2v) is 6.01. The topological polar surface area (TPSA) is 76.4 Å². The first-order valence-electron chi connectivity index (χ1n) is 8.82. The van der Waals surface area contributed by atoms with Gasteiger partial charge in [0.25, 0.3) is 0 Å². The molecule has 3 aromatic rings. The molecule has 0 aliphatic carbocycles. The lowest BCUT2D eigenvalue weighted by Gasteiger charge is -2.13.